The Balaban J connectivity index is 2.09. The van der Waals surface area contributed by atoms with Crippen LogP contribution in [0.1, 0.15) is 130 Å². The molecule has 1 fully saturated rings. The van der Waals surface area contributed by atoms with E-state index in [0.29, 0.717) is 6.42 Å². The molecule has 4 nitrogen and oxygen atoms in total. The van der Waals surface area contributed by atoms with Gasteiger partial charge in [-0.2, -0.15) is 0 Å². The highest BCUT2D eigenvalue weighted by Crippen LogP contribution is 2.33. The van der Waals surface area contributed by atoms with Crippen molar-refractivity contribution >= 4 is 5.97 Å². The monoisotopic (exact) mass is 438 g/mol. The van der Waals surface area contributed by atoms with Crippen LogP contribution in [0.25, 0.3) is 0 Å². The van der Waals surface area contributed by atoms with Crippen LogP contribution in [0, 0.1) is 0 Å². The predicted molar refractivity (Wildman–Crippen MR) is 129 cm³/mol. The van der Waals surface area contributed by atoms with Crippen molar-refractivity contribution in [2.45, 2.75) is 148 Å². The highest BCUT2D eigenvalue weighted by molar-refractivity contribution is 5.68. The van der Waals surface area contributed by atoms with Gasteiger partial charge in [-0.05, 0) is 58.8 Å². The molecule has 0 amide bonds. The zero-order chi connectivity index (χ0) is 22.8. The number of rotatable bonds is 19. The third kappa shape index (κ3) is 14.7. The van der Waals surface area contributed by atoms with Crippen molar-refractivity contribution in [3.8, 4) is 0 Å². The van der Waals surface area contributed by atoms with E-state index < -0.39 is 5.79 Å². The van der Waals surface area contributed by atoms with E-state index in [1.165, 1.54) is 84.2 Å². The molecule has 0 N–H and O–H groups in total. The lowest BCUT2D eigenvalue weighted by Gasteiger charge is -2.16. The Bertz CT molecular complexity index is 472. The Morgan fingerprint density at radius 3 is 1.81 bits per heavy atom. The van der Waals surface area contributed by atoms with E-state index in [-0.39, 0.29) is 18.2 Å². The zero-order valence-electron chi connectivity index (χ0n) is 21.0. The third-order valence-electron chi connectivity index (χ3n) is 6.13. The molecule has 2 atom stereocenters. The van der Waals surface area contributed by atoms with Gasteiger partial charge in [-0.1, -0.05) is 76.9 Å². The number of hydrogen-bond acceptors (Lipinski definition) is 4. The average molecular weight is 439 g/mol. The van der Waals surface area contributed by atoms with Crippen molar-refractivity contribution in [1.82, 2.24) is 0 Å². The first-order chi connectivity index (χ1) is 15.0. The highest BCUT2D eigenvalue weighted by atomic mass is 16.7. The van der Waals surface area contributed by atoms with E-state index in [1.54, 1.807) is 0 Å². The Morgan fingerprint density at radius 1 is 0.774 bits per heavy atom. The van der Waals surface area contributed by atoms with Crippen LogP contribution in [0.3, 0.4) is 0 Å². The Labute approximate surface area is 192 Å². The van der Waals surface area contributed by atoms with E-state index in [9.17, 15) is 4.79 Å². The highest BCUT2D eigenvalue weighted by Gasteiger charge is 2.40. The van der Waals surface area contributed by atoms with Gasteiger partial charge in [-0.25, -0.2) is 0 Å². The standard InChI is InChI=1S/C27H50O4/c1-5-6-7-8-9-10-11-12-13-15-18-21-24-25(31-27(2,3)30-24)22-19-16-14-17-20-23-26(28)29-4/h10-11,24-25H,5-9,12-23H2,1-4H3/b11-10-/t24-,25+/m0/s1. The fourth-order valence-corrected chi connectivity index (χ4v) is 4.35. The van der Waals surface area contributed by atoms with Crippen LogP contribution in [0.15, 0.2) is 12.2 Å². The Hall–Kier alpha value is -0.870. The molecule has 0 bridgehead atoms. The SMILES string of the molecule is CCCCCC/C=C\CCCCC[C@@H]1OC(C)(C)O[C@@H]1CCCCCCCC(=O)OC. The first kappa shape index (κ1) is 28.2. The maximum Gasteiger partial charge on any atom is 0.305 e. The minimum atomic E-state index is -0.448. The average Bonchev–Trinajstić information content (AvgIpc) is 3.04. The van der Waals surface area contributed by atoms with Crippen LogP contribution in [-0.2, 0) is 19.0 Å². The molecule has 0 aromatic carbocycles. The van der Waals surface area contributed by atoms with Crippen molar-refractivity contribution in [1.29, 1.82) is 0 Å². The Morgan fingerprint density at radius 2 is 1.26 bits per heavy atom. The van der Waals surface area contributed by atoms with Gasteiger partial charge in [-0.15, -0.1) is 0 Å². The molecule has 0 aromatic heterocycles. The fourth-order valence-electron chi connectivity index (χ4n) is 4.35. The molecule has 0 saturated carbocycles. The normalized spacial score (nSPS) is 20.5. The number of unbranched alkanes of at least 4 members (excludes halogenated alkanes) is 11. The van der Waals surface area contributed by atoms with Gasteiger partial charge in [0.05, 0.1) is 19.3 Å². The summed E-state index contributed by atoms with van der Waals surface area (Å²) in [5, 5.41) is 0. The Kier molecular flexibility index (Phi) is 16.0. The molecule has 4 heteroatoms. The van der Waals surface area contributed by atoms with Gasteiger partial charge in [0.2, 0.25) is 0 Å². The number of allylic oxidation sites excluding steroid dienone is 2. The van der Waals surface area contributed by atoms with Crippen LogP contribution in [0.4, 0.5) is 0 Å². The molecule has 0 aromatic rings. The van der Waals surface area contributed by atoms with Crippen LogP contribution < -0.4 is 0 Å². The van der Waals surface area contributed by atoms with E-state index >= 15 is 0 Å². The molecule has 1 aliphatic heterocycles. The predicted octanol–water partition coefficient (Wildman–Crippen LogP) is 7.89. The van der Waals surface area contributed by atoms with Gasteiger partial charge >= 0.3 is 5.97 Å². The third-order valence-corrected chi connectivity index (χ3v) is 6.13. The molecule has 1 heterocycles. The summed E-state index contributed by atoms with van der Waals surface area (Å²) in [6, 6.07) is 0. The molecule has 0 unspecified atom stereocenters. The van der Waals surface area contributed by atoms with Gasteiger partial charge < -0.3 is 14.2 Å². The first-order valence-corrected chi connectivity index (χ1v) is 13.1. The molecule has 1 aliphatic rings. The molecule has 1 saturated heterocycles. The van der Waals surface area contributed by atoms with E-state index in [0.717, 1.165) is 25.7 Å². The van der Waals surface area contributed by atoms with Crippen molar-refractivity contribution in [3.05, 3.63) is 12.2 Å². The molecular formula is C27H50O4. The summed E-state index contributed by atoms with van der Waals surface area (Å²) >= 11 is 0. The first-order valence-electron chi connectivity index (χ1n) is 13.1. The second-order valence-corrected chi connectivity index (χ2v) is 9.55. The van der Waals surface area contributed by atoms with Crippen LogP contribution in [-0.4, -0.2) is 31.1 Å². The van der Waals surface area contributed by atoms with Crippen LogP contribution in [0.5, 0.6) is 0 Å². The largest absolute Gasteiger partial charge is 0.469 e. The second-order valence-electron chi connectivity index (χ2n) is 9.55. The van der Waals surface area contributed by atoms with Crippen LogP contribution in [0.2, 0.25) is 0 Å². The molecule has 0 radical (unpaired) electrons. The number of carbonyl (C=O) groups is 1. The number of ether oxygens (including phenoxy) is 3. The number of esters is 1. The summed E-state index contributed by atoms with van der Waals surface area (Å²) in [7, 11) is 1.46. The quantitative estimate of drug-likeness (QED) is 0.117. The summed E-state index contributed by atoms with van der Waals surface area (Å²) in [6.07, 6.45) is 25.1. The maximum absolute atomic E-state index is 11.1. The molecule has 31 heavy (non-hydrogen) atoms. The second kappa shape index (κ2) is 17.7. The van der Waals surface area contributed by atoms with Crippen LogP contribution >= 0.6 is 0 Å². The smallest absolute Gasteiger partial charge is 0.305 e. The van der Waals surface area contributed by atoms with E-state index in [1.807, 2.05) is 13.8 Å². The minimum absolute atomic E-state index is 0.0972. The van der Waals surface area contributed by atoms with Crippen molar-refractivity contribution in [2.24, 2.45) is 0 Å². The zero-order valence-corrected chi connectivity index (χ0v) is 21.0. The summed E-state index contributed by atoms with van der Waals surface area (Å²) in [6.45, 7) is 6.34. The molecule has 0 aliphatic carbocycles. The molecule has 182 valence electrons. The van der Waals surface area contributed by atoms with Gasteiger partial charge in [0.25, 0.3) is 0 Å². The van der Waals surface area contributed by atoms with Gasteiger partial charge in [0.15, 0.2) is 5.79 Å². The lowest BCUT2D eigenvalue weighted by Crippen LogP contribution is -2.22. The molecule has 1 rings (SSSR count). The van der Waals surface area contributed by atoms with Crippen molar-refractivity contribution < 1.29 is 19.0 Å². The topological polar surface area (TPSA) is 44.8 Å². The minimum Gasteiger partial charge on any atom is -0.469 e. The summed E-state index contributed by atoms with van der Waals surface area (Å²) in [4.78, 5) is 11.1. The van der Waals surface area contributed by atoms with Gasteiger partial charge in [-0.3, -0.25) is 4.79 Å². The summed E-state index contributed by atoms with van der Waals surface area (Å²) < 4.78 is 17.1. The van der Waals surface area contributed by atoms with E-state index in [2.05, 4.69) is 23.8 Å². The summed E-state index contributed by atoms with van der Waals surface area (Å²) in [5.41, 5.74) is 0. The lowest BCUT2D eigenvalue weighted by molar-refractivity contribution is -0.147. The summed E-state index contributed by atoms with van der Waals surface area (Å²) in [5.74, 6) is -0.545. The fraction of sp³-hybridized carbons (Fsp3) is 0.889. The number of carbonyl (C=O) groups excluding carboxylic acids is 1. The molecule has 0 spiro atoms. The van der Waals surface area contributed by atoms with Gasteiger partial charge in [0, 0.05) is 6.42 Å². The van der Waals surface area contributed by atoms with Crippen molar-refractivity contribution in [3.63, 3.8) is 0 Å². The number of methoxy groups -OCH3 is 1. The molecular weight excluding hydrogens is 388 g/mol. The van der Waals surface area contributed by atoms with E-state index in [4.69, 9.17) is 9.47 Å². The van der Waals surface area contributed by atoms with Crippen molar-refractivity contribution in [2.75, 3.05) is 7.11 Å². The maximum atomic E-state index is 11.1. The number of hydrogen-bond donors (Lipinski definition) is 0. The lowest BCUT2D eigenvalue weighted by atomic mass is 10.00. The van der Waals surface area contributed by atoms with Gasteiger partial charge in [0.1, 0.15) is 0 Å².